The first-order valence-electron chi connectivity index (χ1n) is 9.13. The summed E-state index contributed by atoms with van der Waals surface area (Å²) in [5.41, 5.74) is 1.51. The van der Waals surface area contributed by atoms with Crippen molar-refractivity contribution in [3.8, 4) is 0 Å². The van der Waals surface area contributed by atoms with Crippen LogP contribution in [0.3, 0.4) is 0 Å². The highest BCUT2D eigenvalue weighted by Gasteiger charge is 2.34. The van der Waals surface area contributed by atoms with Crippen LogP contribution in [-0.2, 0) is 16.1 Å². The van der Waals surface area contributed by atoms with Gasteiger partial charge in [-0.3, -0.25) is 9.36 Å². The molecule has 0 aliphatic carbocycles. The Labute approximate surface area is 180 Å². The molecule has 8 nitrogen and oxygen atoms in total. The van der Waals surface area contributed by atoms with E-state index in [1.807, 2.05) is 0 Å². The normalized spacial score (nSPS) is 16.3. The molecule has 30 heavy (non-hydrogen) atoms. The quantitative estimate of drug-likeness (QED) is 0.589. The highest BCUT2D eigenvalue weighted by Crippen LogP contribution is 2.29. The monoisotopic (exact) mass is 444 g/mol. The molecule has 154 valence electrons. The van der Waals surface area contributed by atoms with Crippen LogP contribution in [0.5, 0.6) is 0 Å². The van der Waals surface area contributed by atoms with Crippen molar-refractivity contribution in [1.29, 1.82) is 0 Å². The molecular weight excluding hydrogens is 428 g/mol. The Kier molecular flexibility index (Phi) is 5.56. The van der Waals surface area contributed by atoms with Crippen LogP contribution in [0.2, 0.25) is 5.02 Å². The van der Waals surface area contributed by atoms with Crippen LogP contribution in [0.25, 0.3) is 10.2 Å². The second-order valence-electron chi connectivity index (χ2n) is 6.51. The fourth-order valence-corrected chi connectivity index (χ4v) is 4.18. The number of hydrogen-bond acceptors (Lipinski definition) is 6. The molecule has 1 aliphatic rings. The van der Waals surface area contributed by atoms with E-state index in [0.29, 0.717) is 20.8 Å². The number of aromatic nitrogens is 2. The molecule has 3 aromatic rings. The molecule has 1 aliphatic heterocycles. The number of ether oxygens (including phenoxy) is 1. The van der Waals surface area contributed by atoms with Gasteiger partial charge in [0.25, 0.3) is 5.56 Å². The second-order valence-corrected chi connectivity index (χ2v) is 7.86. The number of urea groups is 1. The summed E-state index contributed by atoms with van der Waals surface area (Å²) in [6.45, 7) is 1.83. The van der Waals surface area contributed by atoms with Gasteiger partial charge in [0.2, 0.25) is 0 Å². The number of halogens is 1. The van der Waals surface area contributed by atoms with Crippen LogP contribution in [0, 0.1) is 0 Å². The molecular formula is C20H17ClN4O4S. The zero-order valence-electron chi connectivity index (χ0n) is 15.8. The van der Waals surface area contributed by atoms with E-state index in [2.05, 4.69) is 15.6 Å². The number of benzene rings is 1. The fraction of sp³-hybridized carbons (Fsp3) is 0.200. The summed E-state index contributed by atoms with van der Waals surface area (Å²) < 4.78 is 7.10. The number of carbonyl (C=O) groups excluding carboxylic acids is 2. The van der Waals surface area contributed by atoms with Gasteiger partial charge in [0, 0.05) is 5.02 Å². The third-order valence-corrected chi connectivity index (χ3v) is 5.76. The van der Waals surface area contributed by atoms with Gasteiger partial charge in [0.05, 0.1) is 42.3 Å². The first-order valence-corrected chi connectivity index (χ1v) is 10.4. The van der Waals surface area contributed by atoms with Crippen LogP contribution < -0.4 is 16.2 Å². The molecule has 2 aromatic heterocycles. The molecule has 2 N–H and O–H groups in total. The third-order valence-electron chi connectivity index (χ3n) is 4.62. The van der Waals surface area contributed by atoms with Gasteiger partial charge in [0.1, 0.15) is 4.70 Å². The Bertz CT molecular complexity index is 1220. The molecule has 1 aromatic carbocycles. The van der Waals surface area contributed by atoms with Crippen molar-refractivity contribution in [2.45, 2.75) is 19.5 Å². The van der Waals surface area contributed by atoms with Gasteiger partial charge in [-0.1, -0.05) is 23.7 Å². The maximum atomic E-state index is 12.8. The van der Waals surface area contributed by atoms with E-state index in [-0.39, 0.29) is 30.0 Å². The second kappa shape index (κ2) is 8.29. The largest absolute Gasteiger partial charge is 0.463 e. The van der Waals surface area contributed by atoms with Crippen LogP contribution in [0.15, 0.2) is 58.1 Å². The number of esters is 1. The highest BCUT2D eigenvalue weighted by molar-refractivity contribution is 7.17. The van der Waals surface area contributed by atoms with Crippen LogP contribution >= 0.6 is 22.9 Å². The number of carbonyl (C=O) groups is 2. The lowest BCUT2D eigenvalue weighted by Crippen LogP contribution is -2.47. The SMILES string of the molecule is CCOC(=O)C1=C(Cn2cnc3ccsc3c2=O)NC(=O)NC1c1ccc(Cl)cc1. The summed E-state index contributed by atoms with van der Waals surface area (Å²) in [4.78, 5) is 42.2. The van der Waals surface area contributed by atoms with Gasteiger partial charge >= 0.3 is 12.0 Å². The molecule has 2 amide bonds. The van der Waals surface area contributed by atoms with Crippen LogP contribution in [0.1, 0.15) is 18.5 Å². The molecule has 0 bridgehead atoms. The number of fused-ring (bicyclic) bond motifs is 1. The number of nitrogens with zero attached hydrogens (tertiary/aromatic N) is 2. The van der Waals surface area contributed by atoms with Crippen molar-refractivity contribution in [2.75, 3.05) is 6.61 Å². The van der Waals surface area contributed by atoms with E-state index >= 15 is 0 Å². The summed E-state index contributed by atoms with van der Waals surface area (Å²) in [7, 11) is 0. The van der Waals surface area contributed by atoms with Crippen molar-refractivity contribution >= 4 is 45.2 Å². The van der Waals surface area contributed by atoms with Gasteiger partial charge in [-0.2, -0.15) is 0 Å². The van der Waals surface area contributed by atoms with Crippen LogP contribution in [0.4, 0.5) is 4.79 Å². The molecule has 0 saturated heterocycles. The van der Waals surface area contributed by atoms with E-state index < -0.39 is 18.0 Å². The average molecular weight is 445 g/mol. The first-order chi connectivity index (χ1) is 14.5. The maximum Gasteiger partial charge on any atom is 0.338 e. The highest BCUT2D eigenvalue weighted by atomic mass is 35.5. The summed E-state index contributed by atoms with van der Waals surface area (Å²) in [5.74, 6) is -0.585. The van der Waals surface area contributed by atoms with Gasteiger partial charge in [0.15, 0.2) is 0 Å². The van der Waals surface area contributed by atoms with Gasteiger partial charge in [-0.25, -0.2) is 14.6 Å². The fourth-order valence-electron chi connectivity index (χ4n) is 3.26. The minimum atomic E-state index is -0.751. The van der Waals surface area contributed by atoms with Crippen molar-refractivity contribution in [3.63, 3.8) is 0 Å². The minimum absolute atomic E-state index is 0.0364. The maximum absolute atomic E-state index is 12.8. The molecule has 0 fully saturated rings. The zero-order valence-corrected chi connectivity index (χ0v) is 17.4. The number of allylic oxidation sites excluding steroid dienone is 1. The molecule has 0 radical (unpaired) electrons. The van der Waals surface area contributed by atoms with Crippen molar-refractivity contribution < 1.29 is 14.3 Å². The lowest BCUT2D eigenvalue weighted by Gasteiger charge is -2.29. The summed E-state index contributed by atoms with van der Waals surface area (Å²) in [5, 5.41) is 7.72. The van der Waals surface area contributed by atoms with Gasteiger partial charge in [-0.05, 0) is 36.1 Å². The van der Waals surface area contributed by atoms with Crippen LogP contribution in [-0.4, -0.2) is 28.2 Å². The molecule has 1 atom stereocenters. The van der Waals surface area contributed by atoms with E-state index in [4.69, 9.17) is 16.3 Å². The molecule has 1 unspecified atom stereocenters. The lowest BCUT2D eigenvalue weighted by molar-refractivity contribution is -0.139. The van der Waals surface area contributed by atoms with Gasteiger partial charge < -0.3 is 15.4 Å². The number of amides is 2. The van der Waals surface area contributed by atoms with Crippen molar-refractivity contribution in [2.24, 2.45) is 0 Å². The molecule has 0 saturated carbocycles. The Morgan fingerprint density at radius 1 is 1.27 bits per heavy atom. The topological polar surface area (TPSA) is 102 Å². The number of nitrogens with one attached hydrogen (secondary N) is 2. The lowest BCUT2D eigenvalue weighted by atomic mass is 9.95. The van der Waals surface area contributed by atoms with E-state index in [0.717, 1.165) is 0 Å². The van der Waals surface area contributed by atoms with Crippen molar-refractivity contribution in [3.05, 3.63) is 74.2 Å². The van der Waals surface area contributed by atoms with Crippen molar-refractivity contribution in [1.82, 2.24) is 20.2 Å². The summed E-state index contributed by atoms with van der Waals surface area (Å²) in [6.07, 6.45) is 1.40. The van der Waals surface area contributed by atoms with E-state index in [1.165, 1.54) is 22.2 Å². The molecule has 3 heterocycles. The zero-order chi connectivity index (χ0) is 21.3. The predicted octanol–water partition coefficient (Wildman–Crippen LogP) is 2.98. The van der Waals surface area contributed by atoms with E-state index in [9.17, 15) is 14.4 Å². The third kappa shape index (κ3) is 3.81. The summed E-state index contributed by atoms with van der Waals surface area (Å²) >= 11 is 7.26. The molecule has 0 spiro atoms. The molecule has 10 heteroatoms. The number of thiophene rings is 1. The Morgan fingerprint density at radius 3 is 2.77 bits per heavy atom. The Hall–Kier alpha value is -3.17. The molecule has 4 rings (SSSR count). The first kappa shape index (κ1) is 20.1. The summed E-state index contributed by atoms with van der Waals surface area (Å²) in [6, 6.07) is 7.31. The number of rotatable bonds is 5. The number of hydrogen-bond donors (Lipinski definition) is 2. The predicted molar refractivity (Wildman–Crippen MR) is 113 cm³/mol. The smallest absolute Gasteiger partial charge is 0.338 e. The Morgan fingerprint density at radius 2 is 2.03 bits per heavy atom. The van der Waals surface area contributed by atoms with E-state index in [1.54, 1.807) is 42.6 Å². The Balaban J connectivity index is 1.82. The minimum Gasteiger partial charge on any atom is -0.463 e. The average Bonchev–Trinajstić information content (AvgIpc) is 3.20. The van der Waals surface area contributed by atoms with Gasteiger partial charge in [-0.15, -0.1) is 11.3 Å². The standard InChI is InChI=1S/C20H17ClN4O4S/c1-2-29-19(27)15-14(9-25-10-22-13-7-8-30-17(13)18(25)26)23-20(28)24-16(15)11-3-5-12(21)6-4-11/h3-8,10,16H,2,9H2,1H3,(H2,23,24,28).